The maximum absolute atomic E-state index is 13.1. The average molecular weight is 517 g/mol. The molecule has 194 valence electrons. The van der Waals surface area contributed by atoms with Crippen LogP contribution in [0.25, 0.3) is 6.08 Å². The molecule has 0 aromatic heterocycles. The van der Waals surface area contributed by atoms with E-state index in [0.717, 1.165) is 16.9 Å². The number of amides is 1. The van der Waals surface area contributed by atoms with Gasteiger partial charge in [-0.05, 0) is 67.1 Å². The lowest BCUT2D eigenvalue weighted by atomic mass is 10.1. The van der Waals surface area contributed by atoms with Gasteiger partial charge >= 0.3 is 5.97 Å². The van der Waals surface area contributed by atoms with E-state index < -0.39 is 12.1 Å². The van der Waals surface area contributed by atoms with Crippen LogP contribution < -0.4 is 15.2 Å². The molecule has 0 aliphatic carbocycles. The first-order chi connectivity index (χ1) is 19.1. The topological polar surface area (TPSA) is 74.2 Å². The number of carbonyl (C=O) groups excluding carboxylic acids is 2. The zero-order chi connectivity index (χ0) is 27.0. The zero-order valence-corrected chi connectivity index (χ0v) is 21.5. The number of hydrazone groups is 1. The molecule has 7 heteroatoms. The smallest absolute Gasteiger partial charge is 0.376 e. The van der Waals surface area contributed by atoms with E-state index >= 15 is 0 Å². The zero-order valence-electron chi connectivity index (χ0n) is 21.5. The fourth-order valence-electron chi connectivity index (χ4n) is 4.27. The number of amidine groups is 1. The molecule has 39 heavy (non-hydrogen) atoms. The summed E-state index contributed by atoms with van der Waals surface area (Å²) < 4.78 is 5.38. The Morgan fingerprint density at radius 3 is 2.08 bits per heavy atom. The third-order valence-electron chi connectivity index (χ3n) is 6.12. The van der Waals surface area contributed by atoms with Crippen LogP contribution in [0, 0.1) is 0 Å². The molecule has 5 rings (SSSR count). The SMILES string of the molecule is CCOC(=O)C1=NN(c2ccccc2)C(/C=C/c2ccccc2)N1c1ccc(NC(=O)c2ccccc2)cc1. The molecule has 4 aromatic carbocycles. The number of rotatable bonds is 8. The first kappa shape index (κ1) is 25.5. The van der Waals surface area contributed by atoms with E-state index in [4.69, 9.17) is 9.84 Å². The molecule has 4 aromatic rings. The Kier molecular flexibility index (Phi) is 7.79. The van der Waals surface area contributed by atoms with Gasteiger partial charge in [-0.2, -0.15) is 0 Å². The fraction of sp³-hybridized carbons (Fsp3) is 0.0938. The van der Waals surface area contributed by atoms with Crippen molar-refractivity contribution in [2.75, 3.05) is 21.8 Å². The van der Waals surface area contributed by atoms with Gasteiger partial charge in [0, 0.05) is 16.9 Å². The average Bonchev–Trinajstić information content (AvgIpc) is 3.38. The Balaban J connectivity index is 1.50. The van der Waals surface area contributed by atoms with Crippen molar-refractivity contribution < 1.29 is 14.3 Å². The first-order valence-electron chi connectivity index (χ1n) is 12.7. The molecule has 1 N–H and O–H groups in total. The molecule has 0 fully saturated rings. The maximum atomic E-state index is 13.1. The van der Waals surface area contributed by atoms with Gasteiger partial charge in [-0.25, -0.2) is 9.80 Å². The number of esters is 1. The summed E-state index contributed by atoms with van der Waals surface area (Å²) in [5.41, 5.74) is 3.78. The minimum atomic E-state index is -0.518. The maximum Gasteiger partial charge on any atom is 0.376 e. The van der Waals surface area contributed by atoms with Crippen LogP contribution in [-0.4, -0.2) is 30.5 Å². The summed E-state index contributed by atoms with van der Waals surface area (Å²) in [6.07, 6.45) is 3.56. The van der Waals surface area contributed by atoms with Gasteiger partial charge < -0.3 is 10.1 Å². The van der Waals surface area contributed by atoms with Crippen LogP contribution in [0.3, 0.4) is 0 Å². The molecule has 1 aliphatic heterocycles. The van der Waals surface area contributed by atoms with Gasteiger partial charge in [0.15, 0.2) is 0 Å². The van der Waals surface area contributed by atoms with E-state index in [0.29, 0.717) is 11.3 Å². The molecule has 1 unspecified atom stereocenters. The molecule has 1 amide bonds. The number of para-hydroxylation sites is 1. The summed E-state index contributed by atoms with van der Waals surface area (Å²) in [6.45, 7) is 2.00. The van der Waals surface area contributed by atoms with Gasteiger partial charge in [-0.15, -0.1) is 5.10 Å². The molecule has 0 bridgehead atoms. The Morgan fingerprint density at radius 2 is 1.44 bits per heavy atom. The summed E-state index contributed by atoms with van der Waals surface area (Å²) in [5, 5.41) is 9.44. The minimum Gasteiger partial charge on any atom is -0.460 e. The van der Waals surface area contributed by atoms with Crippen LogP contribution >= 0.6 is 0 Å². The predicted octanol–water partition coefficient (Wildman–Crippen LogP) is 6.18. The van der Waals surface area contributed by atoms with Crippen LogP contribution in [0.4, 0.5) is 17.1 Å². The lowest BCUT2D eigenvalue weighted by Gasteiger charge is -2.29. The van der Waals surface area contributed by atoms with Gasteiger partial charge in [0.2, 0.25) is 5.84 Å². The highest BCUT2D eigenvalue weighted by Crippen LogP contribution is 2.32. The van der Waals surface area contributed by atoms with Gasteiger partial charge in [0.05, 0.1) is 12.3 Å². The van der Waals surface area contributed by atoms with E-state index in [-0.39, 0.29) is 18.3 Å². The van der Waals surface area contributed by atoms with E-state index in [2.05, 4.69) is 5.32 Å². The number of nitrogens with zero attached hydrogens (tertiary/aromatic N) is 3. The Bertz CT molecular complexity index is 1470. The molecule has 1 heterocycles. The lowest BCUT2D eigenvalue weighted by Crippen LogP contribution is -2.43. The summed E-state index contributed by atoms with van der Waals surface area (Å²) in [6, 6.07) is 36.0. The predicted molar refractivity (Wildman–Crippen MR) is 156 cm³/mol. The number of ether oxygens (including phenoxy) is 1. The van der Waals surface area contributed by atoms with Crippen molar-refractivity contribution in [2.24, 2.45) is 5.10 Å². The third kappa shape index (κ3) is 5.88. The number of nitrogens with one attached hydrogen (secondary N) is 1. The van der Waals surface area contributed by atoms with Crippen molar-refractivity contribution in [1.82, 2.24) is 0 Å². The highest BCUT2D eigenvalue weighted by molar-refractivity contribution is 6.42. The van der Waals surface area contributed by atoms with Crippen LogP contribution in [-0.2, 0) is 9.53 Å². The normalized spacial score (nSPS) is 14.8. The molecule has 0 radical (unpaired) electrons. The van der Waals surface area contributed by atoms with Crippen molar-refractivity contribution in [1.29, 1.82) is 0 Å². The van der Waals surface area contributed by atoms with Crippen LogP contribution in [0.5, 0.6) is 0 Å². The van der Waals surface area contributed by atoms with Gasteiger partial charge in [0.25, 0.3) is 5.91 Å². The van der Waals surface area contributed by atoms with Gasteiger partial charge in [-0.1, -0.05) is 72.8 Å². The molecule has 0 saturated carbocycles. The van der Waals surface area contributed by atoms with Crippen molar-refractivity contribution in [2.45, 2.75) is 13.1 Å². The van der Waals surface area contributed by atoms with Crippen molar-refractivity contribution in [3.05, 3.63) is 132 Å². The Labute approximate surface area is 227 Å². The van der Waals surface area contributed by atoms with Crippen molar-refractivity contribution in [3.63, 3.8) is 0 Å². The van der Waals surface area contributed by atoms with Crippen molar-refractivity contribution >= 4 is 40.9 Å². The van der Waals surface area contributed by atoms with Crippen LogP contribution in [0.2, 0.25) is 0 Å². The minimum absolute atomic E-state index is 0.171. The van der Waals surface area contributed by atoms with Crippen LogP contribution in [0.1, 0.15) is 22.8 Å². The van der Waals surface area contributed by atoms with E-state index in [1.165, 1.54) is 0 Å². The third-order valence-corrected chi connectivity index (χ3v) is 6.12. The molecule has 7 nitrogen and oxygen atoms in total. The van der Waals surface area contributed by atoms with Gasteiger partial charge in [0.1, 0.15) is 6.17 Å². The van der Waals surface area contributed by atoms with Gasteiger partial charge in [-0.3, -0.25) is 9.69 Å². The van der Waals surface area contributed by atoms with Crippen LogP contribution in [0.15, 0.2) is 126 Å². The number of benzene rings is 4. The monoisotopic (exact) mass is 516 g/mol. The fourth-order valence-corrected chi connectivity index (χ4v) is 4.27. The lowest BCUT2D eigenvalue weighted by molar-refractivity contribution is -0.135. The highest BCUT2D eigenvalue weighted by Gasteiger charge is 2.38. The molecular formula is C32H28N4O3. The Morgan fingerprint density at radius 1 is 0.821 bits per heavy atom. The Hall–Kier alpha value is -5.17. The van der Waals surface area contributed by atoms with Crippen molar-refractivity contribution in [3.8, 4) is 0 Å². The molecule has 0 spiro atoms. The molecule has 0 saturated heterocycles. The highest BCUT2D eigenvalue weighted by atomic mass is 16.5. The molecular weight excluding hydrogens is 488 g/mol. The summed E-state index contributed by atoms with van der Waals surface area (Å²) in [7, 11) is 0. The number of hydrogen-bond donors (Lipinski definition) is 1. The number of hydrogen-bond acceptors (Lipinski definition) is 6. The van der Waals surface area contributed by atoms with E-state index in [1.54, 1.807) is 24.1 Å². The first-order valence-corrected chi connectivity index (χ1v) is 12.7. The number of carbonyl (C=O) groups is 2. The van der Waals surface area contributed by atoms with E-state index in [9.17, 15) is 9.59 Å². The second-order valence-electron chi connectivity index (χ2n) is 8.74. The molecule has 1 aliphatic rings. The summed E-state index contributed by atoms with van der Waals surface area (Å²) in [5.74, 6) is -0.544. The number of anilines is 3. The second kappa shape index (κ2) is 11.9. The quantitative estimate of drug-likeness (QED) is 0.283. The summed E-state index contributed by atoms with van der Waals surface area (Å²) in [4.78, 5) is 27.6. The largest absolute Gasteiger partial charge is 0.460 e. The summed E-state index contributed by atoms with van der Waals surface area (Å²) >= 11 is 0. The standard InChI is InChI=1S/C32H28N4O3/c1-2-39-32(38)30-34-36(28-16-10-5-11-17-28)29(23-18-24-12-6-3-7-13-24)35(30)27-21-19-26(20-22-27)33-31(37)25-14-8-4-9-15-25/h3-23,29H,2H2,1H3,(H,33,37)/b23-18+. The second-order valence-corrected chi connectivity index (χ2v) is 8.74. The molecule has 1 atom stereocenters. The van der Waals surface area contributed by atoms with E-state index in [1.807, 2.05) is 120 Å².